The highest BCUT2D eigenvalue weighted by Gasteiger charge is 2.45. The Bertz CT molecular complexity index is 1220. The lowest BCUT2D eigenvalue weighted by Crippen LogP contribution is -2.43. The zero-order chi connectivity index (χ0) is 22.2. The number of imide groups is 1. The number of H-pyrrole nitrogens is 1. The van der Waals surface area contributed by atoms with Gasteiger partial charge >= 0.3 is 12.1 Å². The largest absolute Gasteiger partial charge is 0.360 e. The predicted molar refractivity (Wildman–Crippen MR) is 114 cm³/mol. The second kappa shape index (κ2) is 7.48. The van der Waals surface area contributed by atoms with E-state index in [1.165, 1.54) is 6.07 Å². The van der Waals surface area contributed by atoms with Gasteiger partial charge in [0, 0.05) is 22.8 Å². The summed E-state index contributed by atoms with van der Waals surface area (Å²) < 4.78 is 0. The van der Waals surface area contributed by atoms with Crippen molar-refractivity contribution in [3.63, 3.8) is 0 Å². The van der Waals surface area contributed by atoms with E-state index in [1.54, 1.807) is 44.3 Å². The van der Waals surface area contributed by atoms with Crippen molar-refractivity contribution in [3.8, 4) is 0 Å². The summed E-state index contributed by atoms with van der Waals surface area (Å²) >= 11 is 0. The van der Waals surface area contributed by atoms with Crippen molar-refractivity contribution < 1.29 is 19.2 Å². The molecule has 0 unspecified atom stereocenters. The number of aromatic amines is 1. The van der Waals surface area contributed by atoms with Crippen LogP contribution in [0.5, 0.6) is 0 Å². The second-order valence-corrected chi connectivity index (χ2v) is 7.53. The van der Waals surface area contributed by atoms with Crippen LogP contribution in [-0.4, -0.2) is 34.4 Å². The normalized spacial score (nSPS) is 15.0. The minimum Gasteiger partial charge on any atom is -0.360 e. The quantitative estimate of drug-likeness (QED) is 0.328. The molecule has 1 aliphatic heterocycles. The summed E-state index contributed by atoms with van der Waals surface area (Å²) in [4.78, 5) is 53.2. The number of benzene rings is 2. The van der Waals surface area contributed by atoms with Crippen molar-refractivity contribution >= 4 is 46.2 Å². The smallest absolute Gasteiger partial charge is 0.337 e. The summed E-state index contributed by atoms with van der Waals surface area (Å²) in [5, 5.41) is 5.88. The van der Waals surface area contributed by atoms with E-state index in [9.17, 15) is 19.2 Å². The number of carbonyl (C=O) groups is 4. The number of para-hydroxylation sites is 1. The van der Waals surface area contributed by atoms with Crippen LogP contribution < -0.4 is 26.4 Å². The first kappa shape index (κ1) is 20.0. The van der Waals surface area contributed by atoms with Gasteiger partial charge in [-0.2, -0.15) is 0 Å². The topological polar surface area (TPSA) is 135 Å². The fraction of sp³-hybridized carbons (Fsp3) is 0.143. The molecule has 158 valence electrons. The average Bonchev–Trinajstić information content (AvgIpc) is 3.24. The van der Waals surface area contributed by atoms with Gasteiger partial charge in [-0.1, -0.05) is 24.3 Å². The van der Waals surface area contributed by atoms with Crippen molar-refractivity contribution in [2.45, 2.75) is 19.4 Å². The molecule has 5 N–H and O–H groups in total. The standard InChI is InChI=1S/C21H20N6O4/c1-21(2)18(29)27(20(31)24-21)13-7-5-6-12(10-13)23-19(30)26-25-17(28)15-11-22-16-9-4-3-8-14(15)16/h3-11,22H,1-2H3,(H,24,31)(H,25,28)(H2,23,26,30). The van der Waals surface area contributed by atoms with Crippen LogP contribution in [0.3, 0.4) is 0 Å². The number of aromatic nitrogens is 1. The van der Waals surface area contributed by atoms with Crippen LogP contribution in [0.4, 0.5) is 21.0 Å². The highest BCUT2D eigenvalue weighted by molar-refractivity contribution is 6.23. The molecule has 0 bridgehead atoms. The number of hydrazine groups is 1. The molecule has 1 saturated heterocycles. The number of rotatable bonds is 3. The zero-order valence-electron chi connectivity index (χ0n) is 16.8. The third-order valence-corrected chi connectivity index (χ3v) is 4.85. The first-order valence-corrected chi connectivity index (χ1v) is 9.46. The fourth-order valence-electron chi connectivity index (χ4n) is 3.31. The molecule has 2 heterocycles. The Morgan fingerprint density at radius 3 is 2.52 bits per heavy atom. The Balaban J connectivity index is 1.40. The highest BCUT2D eigenvalue weighted by Crippen LogP contribution is 2.26. The monoisotopic (exact) mass is 420 g/mol. The molecule has 0 atom stereocenters. The Labute approximate surface area is 177 Å². The zero-order valence-corrected chi connectivity index (χ0v) is 16.8. The third kappa shape index (κ3) is 3.78. The number of amides is 6. The maximum absolute atomic E-state index is 12.4. The molecule has 0 radical (unpaired) electrons. The van der Waals surface area contributed by atoms with Gasteiger partial charge in [0.2, 0.25) is 0 Å². The van der Waals surface area contributed by atoms with E-state index in [-0.39, 0.29) is 0 Å². The number of fused-ring (bicyclic) bond motifs is 1. The Hall–Kier alpha value is -4.34. The minimum atomic E-state index is -1.01. The molecule has 3 aromatic rings. The van der Waals surface area contributed by atoms with Crippen LogP contribution in [-0.2, 0) is 4.79 Å². The van der Waals surface area contributed by atoms with Crippen molar-refractivity contribution in [2.24, 2.45) is 0 Å². The van der Waals surface area contributed by atoms with Gasteiger partial charge in [0.05, 0.1) is 11.3 Å². The number of hydrogen-bond donors (Lipinski definition) is 5. The van der Waals surface area contributed by atoms with Crippen molar-refractivity contribution in [1.82, 2.24) is 21.2 Å². The first-order valence-electron chi connectivity index (χ1n) is 9.46. The molecule has 10 heteroatoms. The van der Waals surface area contributed by atoms with Gasteiger partial charge in [0.15, 0.2) is 0 Å². The minimum absolute atomic E-state index is 0.314. The molecule has 31 heavy (non-hydrogen) atoms. The summed E-state index contributed by atoms with van der Waals surface area (Å²) in [6.07, 6.45) is 1.56. The lowest BCUT2D eigenvalue weighted by molar-refractivity contribution is -0.121. The number of urea groups is 2. The van der Waals surface area contributed by atoms with Gasteiger partial charge in [0.1, 0.15) is 5.54 Å². The molecule has 0 aliphatic carbocycles. The second-order valence-electron chi connectivity index (χ2n) is 7.53. The molecule has 1 aliphatic rings. The van der Waals surface area contributed by atoms with E-state index in [2.05, 4.69) is 26.5 Å². The summed E-state index contributed by atoms with van der Waals surface area (Å²) in [6, 6.07) is 12.3. The fourth-order valence-corrected chi connectivity index (χ4v) is 3.31. The van der Waals surface area contributed by atoms with Gasteiger partial charge in [-0.05, 0) is 38.1 Å². The highest BCUT2D eigenvalue weighted by atomic mass is 16.2. The van der Waals surface area contributed by atoms with E-state index in [1.807, 2.05) is 18.2 Å². The Kier molecular flexibility index (Phi) is 4.82. The average molecular weight is 420 g/mol. The van der Waals surface area contributed by atoms with Gasteiger partial charge in [0.25, 0.3) is 11.8 Å². The van der Waals surface area contributed by atoms with Gasteiger partial charge < -0.3 is 15.6 Å². The molecule has 2 aromatic carbocycles. The van der Waals surface area contributed by atoms with Crippen LogP contribution in [0.2, 0.25) is 0 Å². The van der Waals surface area contributed by atoms with Crippen molar-refractivity contribution in [2.75, 3.05) is 10.2 Å². The molecule has 6 amide bonds. The van der Waals surface area contributed by atoms with Gasteiger partial charge in [-0.3, -0.25) is 15.0 Å². The molecule has 1 fully saturated rings. The molecule has 4 rings (SSSR count). The van der Waals surface area contributed by atoms with Crippen LogP contribution in [0.1, 0.15) is 24.2 Å². The Morgan fingerprint density at radius 1 is 1.00 bits per heavy atom. The summed E-state index contributed by atoms with van der Waals surface area (Å²) in [7, 11) is 0. The molecular weight excluding hydrogens is 400 g/mol. The van der Waals surface area contributed by atoms with Crippen LogP contribution >= 0.6 is 0 Å². The third-order valence-electron chi connectivity index (χ3n) is 4.85. The Morgan fingerprint density at radius 2 is 1.77 bits per heavy atom. The first-order chi connectivity index (χ1) is 14.8. The van der Waals surface area contributed by atoms with Crippen LogP contribution in [0.15, 0.2) is 54.7 Å². The number of nitrogens with zero attached hydrogens (tertiary/aromatic N) is 1. The number of anilines is 2. The molecule has 0 saturated carbocycles. The molecule has 1 aromatic heterocycles. The lowest BCUT2D eigenvalue weighted by Gasteiger charge is -2.17. The number of hydrogen-bond acceptors (Lipinski definition) is 4. The molecule has 10 nitrogen and oxygen atoms in total. The van der Waals surface area contributed by atoms with E-state index >= 15 is 0 Å². The molecular formula is C21H20N6O4. The SMILES string of the molecule is CC1(C)NC(=O)N(c2cccc(NC(=O)NNC(=O)c3c[nH]c4ccccc34)c2)C1=O. The van der Waals surface area contributed by atoms with Crippen molar-refractivity contribution in [1.29, 1.82) is 0 Å². The maximum Gasteiger partial charge on any atom is 0.337 e. The van der Waals surface area contributed by atoms with Crippen molar-refractivity contribution in [3.05, 3.63) is 60.3 Å². The van der Waals surface area contributed by atoms with Crippen LogP contribution in [0, 0.1) is 0 Å². The van der Waals surface area contributed by atoms with E-state index < -0.39 is 29.4 Å². The summed E-state index contributed by atoms with van der Waals surface area (Å²) in [5.41, 5.74) is 5.45. The van der Waals surface area contributed by atoms with E-state index in [0.29, 0.717) is 16.9 Å². The summed E-state index contributed by atoms with van der Waals surface area (Å²) in [6.45, 7) is 3.22. The van der Waals surface area contributed by atoms with E-state index in [4.69, 9.17) is 0 Å². The molecule has 0 spiro atoms. The van der Waals surface area contributed by atoms with Gasteiger partial charge in [-0.25, -0.2) is 19.9 Å². The van der Waals surface area contributed by atoms with E-state index in [0.717, 1.165) is 15.8 Å². The number of nitrogens with one attached hydrogen (secondary N) is 5. The van der Waals surface area contributed by atoms with Gasteiger partial charge in [-0.15, -0.1) is 0 Å². The maximum atomic E-state index is 12.4. The predicted octanol–water partition coefficient (Wildman–Crippen LogP) is 2.47. The summed E-state index contributed by atoms with van der Waals surface area (Å²) in [5.74, 6) is -0.881. The lowest BCUT2D eigenvalue weighted by atomic mass is 10.1. The number of carbonyl (C=O) groups excluding carboxylic acids is 4. The van der Waals surface area contributed by atoms with Crippen LogP contribution in [0.25, 0.3) is 10.9 Å².